The fraction of sp³-hybridized carbons (Fsp3) is 0.0189. The average molecular weight is 1610 g/mol. The van der Waals surface area contributed by atoms with E-state index in [9.17, 15) is 42.1 Å². The van der Waals surface area contributed by atoms with Gasteiger partial charge in [-0.1, -0.05) is 152 Å². The maximum absolute atomic E-state index is 16.1. The Morgan fingerprint density at radius 3 is 0.879 bits per heavy atom. The lowest BCUT2D eigenvalue weighted by atomic mass is 9.93. The van der Waals surface area contributed by atoms with Crippen molar-refractivity contribution in [3.05, 3.63) is 371 Å². The molecule has 4 heterocycles. The van der Waals surface area contributed by atoms with Gasteiger partial charge in [-0.2, -0.15) is 68.4 Å². The third-order valence-electron chi connectivity index (χ3n) is 23.5. The summed E-state index contributed by atoms with van der Waals surface area (Å²) in [5, 5.41) is 89.9. The van der Waals surface area contributed by atoms with Gasteiger partial charge in [0.05, 0.1) is 159 Å². The summed E-state index contributed by atoms with van der Waals surface area (Å²) >= 11 is 0. The van der Waals surface area contributed by atoms with E-state index in [-0.39, 0.29) is 72.8 Å². The normalized spacial score (nSPS) is 11.6. The van der Waals surface area contributed by atoms with Crippen molar-refractivity contribution in [2.75, 3.05) is 0 Å². The molecule has 0 unspecified atom stereocenters. The Bertz CT molecular complexity index is 8430. The minimum Gasteiger partial charge on any atom is -0.309 e. The molecule has 20 aromatic rings. The number of halogens is 6. The lowest BCUT2D eigenvalue weighted by Crippen LogP contribution is -2.10. The van der Waals surface area contributed by atoms with E-state index in [4.69, 9.17) is 0 Å². The molecule has 0 radical (unpaired) electrons. The van der Waals surface area contributed by atoms with Crippen molar-refractivity contribution in [1.29, 1.82) is 42.1 Å². The topological polar surface area (TPSA) is 210 Å². The first kappa shape index (κ1) is 75.0. The van der Waals surface area contributed by atoms with Gasteiger partial charge in [0.2, 0.25) is 0 Å². The number of hydrogen-bond donors (Lipinski definition) is 0. The molecule has 0 aliphatic carbocycles. The molecule has 0 spiro atoms. The second kappa shape index (κ2) is 29.1. The summed E-state index contributed by atoms with van der Waals surface area (Å²) in [4.78, 5) is 0. The molecule has 0 aliphatic heterocycles. The third-order valence-corrected chi connectivity index (χ3v) is 23.5. The van der Waals surface area contributed by atoms with Crippen LogP contribution in [0.15, 0.2) is 315 Å². The van der Waals surface area contributed by atoms with Gasteiger partial charge in [-0.15, -0.1) is 0 Å². The van der Waals surface area contributed by atoms with Crippen molar-refractivity contribution in [2.45, 2.75) is 12.4 Å². The molecule has 0 aliphatic rings. The van der Waals surface area contributed by atoms with Crippen LogP contribution in [0.25, 0.3) is 188 Å². The number of benzene rings is 16. The highest BCUT2D eigenvalue weighted by Gasteiger charge is 2.38. The fourth-order valence-corrected chi connectivity index (χ4v) is 17.8. The van der Waals surface area contributed by atoms with E-state index in [1.54, 1.807) is 66.7 Å². The van der Waals surface area contributed by atoms with E-state index in [2.05, 4.69) is 36.4 Å². The Morgan fingerprint density at radius 2 is 0.476 bits per heavy atom. The Labute approximate surface area is 702 Å². The van der Waals surface area contributed by atoms with Crippen LogP contribution in [0.1, 0.15) is 55.6 Å². The minimum atomic E-state index is -5.01. The summed E-state index contributed by atoms with van der Waals surface area (Å²) in [5.74, 6) is 0. The van der Waals surface area contributed by atoms with Crippen molar-refractivity contribution >= 4 is 87.2 Å². The van der Waals surface area contributed by atoms with Crippen LogP contribution in [0.4, 0.5) is 26.3 Å². The van der Waals surface area contributed by atoms with Crippen LogP contribution in [0, 0.1) is 90.6 Å². The molecule has 0 atom stereocenters. The number of hydrogen-bond acceptors (Lipinski definition) is 8. The Morgan fingerprint density at radius 1 is 0.185 bits per heavy atom. The standard InChI is InChI=1S/C106H52F6N12/c107-105(108,109)91-41-64(56-116)19-34-78(91)89-51-99(121-95-12-6-3-9-82(95)86-44-69(31-38-96(86)121)66-21-13-61(53-113)14-22-66)76(59-119)49-103(89)122-97-39-32-70(67-23-15-62(54-114)16-24-67)45-87(97)88-46-74(33-40-98(88)122)85-43-71(27-28-75(85)58-118)73-30-37-83-80-7-1-4-10-93(80)123(101(83)48-73)100-52-90(79-35-20-65(57-117)42-92(79)106(110,111)112)104(50-77(100)60-120)124-94-11-5-2-8-81(94)84-36-29-72(47-102(84)124)68-25-17-63(55-115)18-26-68/h1-52H. The number of fused-ring (bicyclic) bond motifs is 12. The summed E-state index contributed by atoms with van der Waals surface area (Å²) in [5.41, 5.74) is 11.4. The van der Waals surface area contributed by atoms with Crippen LogP contribution in [-0.4, -0.2) is 18.3 Å². The fourth-order valence-electron chi connectivity index (χ4n) is 17.8. The van der Waals surface area contributed by atoms with E-state index in [1.807, 2.05) is 243 Å². The predicted octanol–water partition coefficient (Wildman–Crippen LogP) is 26.8. The Balaban J connectivity index is 0.786. The maximum atomic E-state index is 16.1. The molecule has 0 saturated heterocycles. The number of rotatable bonds is 11. The zero-order chi connectivity index (χ0) is 85.1. The van der Waals surface area contributed by atoms with Crippen LogP contribution < -0.4 is 0 Å². The van der Waals surface area contributed by atoms with Gasteiger partial charge in [0.25, 0.3) is 0 Å². The monoisotopic (exact) mass is 1610 g/mol. The number of nitriles is 8. The first-order chi connectivity index (χ1) is 60.3. The molecular weight excluding hydrogens is 1560 g/mol. The molecule has 578 valence electrons. The highest BCUT2D eigenvalue weighted by molar-refractivity contribution is 6.16. The molecule has 12 nitrogen and oxygen atoms in total. The van der Waals surface area contributed by atoms with E-state index in [1.165, 1.54) is 24.3 Å². The van der Waals surface area contributed by atoms with Crippen molar-refractivity contribution < 1.29 is 26.3 Å². The van der Waals surface area contributed by atoms with Crippen LogP contribution in [-0.2, 0) is 12.4 Å². The van der Waals surface area contributed by atoms with E-state index in [0.29, 0.717) is 93.9 Å². The number of nitrogens with zero attached hydrogens (tertiary/aromatic N) is 12. The highest BCUT2D eigenvalue weighted by Crippen LogP contribution is 2.50. The van der Waals surface area contributed by atoms with E-state index >= 15 is 26.3 Å². The lowest BCUT2D eigenvalue weighted by molar-refractivity contribution is -0.137. The molecule has 16 aromatic carbocycles. The number of para-hydroxylation sites is 3. The molecule has 124 heavy (non-hydrogen) atoms. The summed E-state index contributed by atoms with van der Waals surface area (Å²) in [6, 6.07) is 109. The minimum absolute atomic E-state index is 0.0548. The first-order valence-electron chi connectivity index (χ1n) is 39.0. The maximum Gasteiger partial charge on any atom is 0.417 e. The Hall–Kier alpha value is -17.8. The van der Waals surface area contributed by atoms with Gasteiger partial charge in [0, 0.05) is 59.8 Å². The Kier molecular flexibility index (Phi) is 17.6. The van der Waals surface area contributed by atoms with Gasteiger partial charge in [-0.25, -0.2) is 0 Å². The first-order valence-corrected chi connectivity index (χ1v) is 39.0. The number of aromatic nitrogens is 4. The molecule has 0 bridgehead atoms. The molecule has 4 aromatic heterocycles. The van der Waals surface area contributed by atoms with Gasteiger partial charge >= 0.3 is 12.4 Å². The summed E-state index contributed by atoms with van der Waals surface area (Å²) < 4.78 is 104. The van der Waals surface area contributed by atoms with Crippen molar-refractivity contribution in [3.63, 3.8) is 0 Å². The van der Waals surface area contributed by atoms with E-state index < -0.39 is 23.5 Å². The molecule has 0 saturated carbocycles. The quantitative estimate of drug-likeness (QED) is 0.113. The van der Waals surface area contributed by atoms with Crippen LogP contribution in [0.2, 0.25) is 0 Å². The van der Waals surface area contributed by atoms with Crippen molar-refractivity contribution in [1.82, 2.24) is 18.3 Å². The lowest BCUT2D eigenvalue weighted by Gasteiger charge is -2.21. The molecular formula is C106H52F6N12. The second-order valence-corrected chi connectivity index (χ2v) is 30.2. The second-order valence-electron chi connectivity index (χ2n) is 30.2. The predicted molar refractivity (Wildman–Crippen MR) is 470 cm³/mol. The highest BCUT2D eigenvalue weighted by atomic mass is 19.4. The largest absolute Gasteiger partial charge is 0.417 e. The third kappa shape index (κ3) is 12.2. The molecule has 18 heteroatoms. The molecule has 0 N–H and O–H groups in total. The summed E-state index contributed by atoms with van der Waals surface area (Å²) in [7, 11) is 0. The van der Waals surface area contributed by atoms with Crippen LogP contribution in [0.5, 0.6) is 0 Å². The number of alkyl halides is 6. The van der Waals surface area contributed by atoms with Crippen LogP contribution >= 0.6 is 0 Å². The van der Waals surface area contributed by atoms with E-state index in [0.717, 1.165) is 77.8 Å². The average Bonchev–Trinajstić information content (AvgIpc) is 1.74. The smallest absolute Gasteiger partial charge is 0.309 e. The van der Waals surface area contributed by atoms with Crippen LogP contribution in [0.3, 0.4) is 0 Å². The van der Waals surface area contributed by atoms with Crippen molar-refractivity contribution in [3.8, 4) is 149 Å². The van der Waals surface area contributed by atoms with Gasteiger partial charge < -0.3 is 18.3 Å². The zero-order valence-corrected chi connectivity index (χ0v) is 64.7. The summed E-state index contributed by atoms with van der Waals surface area (Å²) in [6.07, 6.45) is -9.99. The summed E-state index contributed by atoms with van der Waals surface area (Å²) in [6.45, 7) is 0. The van der Waals surface area contributed by atoms with Gasteiger partial charge in [0.1, 0.15) is 12.1 Å². The van der Waals surface area contributed by atoms with Gasteiger partial charge in [-0.3, -0.25) is 0 Å². The van der Waals surface area contributed by atoms with Gasteiger partial charge in [0.15, 0.2) is 0 Å². The molecule has 0 amide bonds. The zero-order valence-electron chi connectivity index (χ0n) is 64.7. The molecule has 20 rings (SSSR count). The molecule has 0 fully saturated rings. The van der Waals surface area contributed by atoms with Crippen molar-refractivity contribution in [2.24, 2.45) is 0 Å². The SMILES string of the molecule is N#Cc1ccc(-c2ccc3c(c2)c2ccccc2n3-c2cc(-c3ccc(C#N)cc3C(F)(F)F)c(-n3c4ccc(-c5ccc(C#N)cc5)cc4c4cc(-c5cc(-c6ccc7c8ccccc8n(-c8cc(-c9ccc(C#N)cc9C(F)(F)F)c(-n9c%10ccccc%10c%10ccc(-c%11ccc(C#N)cc%11)cc%109)cc8C#N)c7c6)ccc5C#N)ccc43)cc2C#N)cc1. The van der Waals surface area contributed by atoms with Gasteiger partial charge in [-0.05, 0) is 225 Å².